The van der Waals surface area contributed by atoms with E-state index in [9.17, 15) is 23.1 Å². The first-order valence-corrected chi connectivity index (χ1v) is 13.5. The summed E-state index contributed by atoms with van der Waals surface area (Å²) in [4.78, 5) is 21.3. The number of carbonyl (C=O) groups is 1. The molecule has 1 unspecified atom stereocenters. The maximum absolute atomic E-state index is 13.2. The highest BCUT2D eigenvalue weighted by molar-refractivity contribution is 5.70. The molecule has 1 fully saturated rings. The minimum absolute atomic E-state index is 0.0138. The van der Waals surface area contributed by atoms with Crippen molar-refractivity contribution in [2.75, 3.05) is 19.6 Å². The summed E-state index contributed by atoms with van der Waals surface area (Å²) in [5.41, 5.74) is 0.791. The summed E-state index contributed by atoms with van der Waals surface area (Å²) < 4.78 is 44.9. The summed E-state index contributed by atoms with van der Waals surface area (Å²) in [6.07, 6.45) is -1.05. The Bertz CT molecular complexity index is 1250. The molecule has 0 radical (unpaired) electrons. The van der Waals surface area contributed by atoms with Crippen molar-refractivity contribution in [2.24, 2.45) is 0 Å². The predicted octanol–water partition coefficient (Wildman–Crippen LogP) is 5.55. The summed E-state index contributed by atoms with van der Waals surface area (Å²) in [5.74, 6) is -0.200. The molecule has 40 heavy (non-hydrogen) atoms. The average molecular weight is 556 g/mol. The van der Waals surface area contributed by atoms with Gasteiger partial charge in [-0.25, -0.2) is 0 Å². The number of pyridine rings is 1. The Balaban J connectivity index is 1.41. The number of benzene rings is 2. The highest BCUT2D eigenvalue weighted by Crippen LogP contribution is 2.39. The minimum Gasteiger partial charge on any atom is -0.463 e. The molecule has 2 atom stereocenters. The Kier molecular flexibility index (Phi) is 9.28. The smallest absolute Gasteiger partial charge is 0.421 e. The van der Waals surface area contributed by atoms with Gasteiger partial charge in [0.1, 0.15) is 0 Å². The lowest BCUT2D eigenvalue weighted by Gasteiger charge is -2.41. The molecule has 0 aliphatic carbocycles. The van der Waals surface area contributed by atoms with Gasteiger partial charge in [-0.1, -0.05) is 48.5 Å². The third kappa shape index (κ3) is 7.47. The van der Waals surface area contributed by atoms with Crippen LogP contribution in [-0.4, -0.2) is 63.8 Å². The van der Waals surface area contributed by atoms with Crippen molar-refractivity contribution in [3.05, 3.63) is 89.7 Å². The van der Waals surface area contributed by atoms with Crippen LogP contribution >= 0.6 is 0 Å². The van der Waals surface area contributed by atoms with Crippen LogP contribution in [0.3, 0.4) is 0 Å². The van der Waals surface area contributed by atoms with Crippen molar-refractivity contribution in [1.82, 2.24) is 14.8 Å². The Hall–Kier alpha value is -3.27. The molecule has 1 aromatic heterocycles. The maximum Gasteiger partial charge on any atom is 0.421 e. The second-order valence-corrected chi connectivity index (χ2v) is 10.8. The van der Waals surface area contributed by atoms with Gasteiger partial charge in [0.05, 0.1) is 12.5 Å². The first-order valence-electron chi connectivity index (χ1n) is 13.5. The average Bonchev–Trinajstić information content (AvgIpc) is 2.90. The molecule has 1 N–H and O–H groups in total. The number of hydrogen-bond donors (Lipinski definition) is 1. The number of ether oxygens (including phenoxy) is 1. The first kappa shape index (κ1) is 29.7. The van der Waals surface area contributed by atoms with E-state index in [0.717, 1.165) is 55.4 Å². The zero-order chi connectivity index (χ0) is 28.9. The summed E-state index contributed by atoms with van der Waals surface area (Å²) in [7, 11) is 0. The van der Waals surface area contributed by atoms with Gasteiger partial charge in [0.25, 0.3) is 0 Å². The largest absolute Gasteiger partial charge is 0.463 e. The number of carbonyl (C=O) groups excluding carboxylic acids is 1. The molecule has 9 heteroatoms. The molecule has 0 amide bonds. The molecule has 4 rings (SSSR count). The number of hydrogen-bond acceptors (Lipinski definition) is 6. The van der Waals surface area contributed by atoms with Crippen LogP contribution in [0.25, 0.3) is 11.1 Å². The number of halogens is 3. The van der Waals surface area contributed by atoms with Crippen LogP contribution in [0.1, 0.15) is 43.9 Å². The molecule has 1 aliphatic heterocycles. The lowest BCUT2D eigenvalue weighted by molar-refractivity contribution is -0.258. The molecule has 0 bridgehead atoms. The summed E-state index contributed by atoms with van der Waals surface area (Å²) in [6.45, 7) is 8.30. The van der Waals surface area contributed by atoms with Crippen LogP contribution in [0.5, 0.6) is 0 Å². The van der Waals surface area contributed by atoms with Gasteiger partial charge in [-0.15, -0.1) is 0 Å². The number of esters is 1. The van der Waals surface area contributed by atoms with E-state index in [1.807, 2.05) is 50.2 Å². The lowest BCUT2D eigenvalue weighted by atomic mass is 9.93. The van der Waals surface area contributed by atoms with Crippen LogP contribution in [0.4, 0.5) is 13.2 Å². The van der Waals surface area contributed by atoms with E-state index in [4.69, 9.17) is 4.74 Å². The van der Waals surface area contributed by atoms with E-state index in [2.05, 4.69) is 14.8 Å². The van der Waals surface area contributed by atoms with Crippen molar-refractivity contribution >= 4 is 5.97 Å². The van der Waals surface area contributed by atoms with Crippen molar-refractivity contribution in [2.45, 2.75) is 64.2 Å². The topological polar surface area (TPSA) is 65.9 Å². The van der Waals surface area contributed by atoms with Crippen molar-refractivity contribution in [1.29, 1.82) is 0 Å². The normalized spacial score (nSPS) is 18.4. The Morgan fingerprint density at radius 2 is 1.52 bits per heavy atom. The van der Waals surface area contributed by atoms with Gasteiger partial charge in [-0.05, 0) is 60.7 Å². The molecular formula is C31H36F3N3O3. The SMILES string of the molecule is CC(C)OC(=O)C[C@H]1CN(Cc2ccc(-c3ccc(C(C)(O)C(F)(F)F)cc3)cc2)CCN1Cc1ccncc1. The number of aromatic nitrogens is 1. The zero-order valence-electron chi connectivity index (χ0n) is 23.1. The highest BCUT2D eigenvalue weighted by Gasteiger charge is 2.51. The van der Waals surface area contributed by atoms with Crippen LogP contribution in [0.15, 0.2) is 73.1 Å². The molecule has 2 heterocycles. The fraction of sp³-hybridized carbons (Fsp3) is 0.419. The number of alkyl halides is 3. The second kappa shape index (κ2) is 12.5. The van der Waals surface area contributed by atoms with Crippen LogP contribution < -0.4 is 0 Å². The van der Waals surface area contributed by atoms with E-state index in [0.29, 0.717) is 13.0 Å². The van der Waals surface area contributed by atoms with Crippen molar-refractivity contribution in [3.8, 4) is 11.1 Å². The van der Waals surface area contributed by atoms with Gasteiger partial charge >= 0.3 is 12.1 Å². The molecule has 0 saturated carbocycles. The molecule has 6 nitrogen and oxygen atoms in total. The molecule has 2 aromatic carbocycles. The van der Waals surface area contributed by atoms with Gasteiger partial charge in [0.2, 0.25) is 0 Å². The van der Waals surface area contributed by atoms with Crippen molar-refractivity contribution in [3.63, 3.8) is 0 Å². The van der Waals surface area contributed by atoms with E-state index in [-0.39, 0.29) is 23.7 Å². The molecule has 214 valence electrons. The van der Waals surface area contributed by atoms with E-state index >= 15 is 0 Å². The van der Waals surface area contributed by atoms with Gasteiger partial charge < -0.3 is 9.84 Å². The monoisotopic (exact) mass is 555 g/mol. The maximum atomic E-state index is 13.2. The van der Waals surface area contributed by atoms with Gasteiger partial charge in [-0.3, -0.25) is 19.6 Å². The fourth-order valence-electron chi connectivity index (χ4n) is 4.94. The minimum atomic E-state index is -4.76. The predicted molar refractivity (Wildman–Crippen MR) is 147 cm³/mol. The van der Waals surface area contributed by atoms with Gasteiger partial charge in [0, 0.05) is 51.2 Å². The zero-order valence-corrected chi connectivity index (χ0v) is 23.1. The first-order chi connectivity index (χ1) is 18.9. The fourth-order valence-corrected chi connectivity index (χ4v) is 4.94. The number of nitrogens with zero attached hydrogens (tertiary/aromatic N) is 3. The summed E-state index contributed by atoms with van der Waals surface area (Å²) >= 11 is 0. The summed E-state index contributed by atoms with van der Waals surface area (Å²) in [5, 5.41) is 9.91. The van der Waals surface area contributed by atoms with E-state index in [1.54, 1.807) is 24.5 Å². The van der Waals surface area contributed by atoms with E-state index < -0.39 is 11.8 Å². The van der Waals surface area contributed by atoms with Crippen molar-refractivity contribution < 1.29 is 27.8 Å². The van der Waals surface area contributed by atoms with Crippen LogP contribution in [-0.2, 0) is 28.2 Å². The molecule has 1 saturated heterocycles. The number of rotatable bonds is 9. The summed E-state index contributed by atoms with van der Waals surface area (Å²) in [6, 6.07) is 17.7. The number of aliphatic hydroxyl groups is 1. The van der Waals surface area contributed by atoms with Crippen LogP contribution in [0, 0.1) is 0 Å². The standard InChI is InChI=1S/C31H36F3N3O3/c1-22(2)40-29(38)18-28-21-36(16-17-37(28)20-24-12-14-35-15-13-24)19-23-4-6-25(7-5-23)26-8-10-27(11-9-26)30(3,39)31(32,33)34/h4-15,22,28,39H,16-21H2,1-3H3/t28-,30?/m0/s1. The van der Waals surface area contributed by atoms with Gasteiger partial charge in [-0.2, -0.15) is 13.2 Å². The third-order valence-electron chi connectivity index (χ3n) is 7.29. The molecular weight excluding hydrogens is 519 g/mol. The molecule has 0 spiro atoms. The quantitative estimate of drug-likeness (QED) is 0.350. The second-order valence-electron chi connectivity index (χ2n) is 10.8. The Labute approximate surface area is 233 Å². The Morgan fingerprint density at radius 1 is 0.950 bits per heavy atom. The lowest BCUT2D eigenvalue weighted by Crippen LogP contribution is -2.53. The third-order valence-corrected chi connectivity index (χ3v) is 7.29. The molecule has 1 aliphatic rings. The number of piperazine rings is 1. The van der Waals surface area contributed by atoms with Gasteiger partial charge in [0.15, 0.2) is 5.60 Å². The highest BCUT2D eigenvalue weighted by atomic mass is 19.4. The van der Waals surface area contributed by atoms with Crippen LogP contribution in [0.2, 0.25) is 0 Å². The Morgan fingerprint density at radius 3 is 2.10 bits per heavy atom. The molecule has 3 aromatic rings. The van der Waals surface area contributed by atoms with E-state index in [1.165, 1.54) is 12.1 Å².